The number of unbranched alkanes of at least 4 members (excludes halogenated alkanes) is 1. The van der Waals surface area contributed by atoms with Crippen molar-refractivity contribution in [2.45, 2.75) is 45.1 Å². The second-order valence-corrected chi connectivity index (χ2v) is 5.23. The number of carbonyl (C=O) groups excluding carboxylic acids is 1. The number of halogens is 1. The highest BCUT2D eigenvalue weighted by atomic mass is 35.5. The fraction of sp³-hybridized carbons (Fsp3) is 0.562. The van der Waals surface area contributed by atoms with Crippen molar-refractivity contribution in [3.05, 3.63) is 30.3 Å². The maximum absolute atomic E-state index is 12.5. The Morgan fingerprint density at radius 3 is 2.70 bits per heavy atom. The van der Waals surface area contributed by atoms with E-state index in [-0.39, 0.29) is 18.3 Å². The number of benzene rings is 1. The van der Waals surface area contributed by atoms with Crippen LogP contribution < -0.4 is 10.2 Å². The van der Waals surface area contributed by atoms with E-state index >= 15 is 0 Å². The van der Waals surface area contributed by atoms with Gasteiger partial charge >= 0.3 is 0 Å². The molecule has 1 aliphatic heterocycles. The molecule has 1 heterocycles. The third-order valence-corrected chi connectivity index (χ3v) is 3.69. The largest absolute Gasteiger partial charge is 0.313 e. The molecule has 0 bridgehead atoms. The molecule has 20 heavy (non-hydrogen) atoms. The van der Waals surface area contributed by atoms with Gasteiger partial charge in [0.1, 0.15) is 0 Å². The number of hydrogen-bond donors (Lipinski definition) is 1. The van der Waals surface area contributed by atoms with Gasteiger partial charge in [0.05, 0.1) is 0 Å². The highest BCUT2D eigenvalue weighted by molar-refractivity contribution is 5.93. The SMILES string of the molecule is CCCCN(C(=O)CC1CCCN1)c1ccccc1.Cl. The van der Waals surface area contributed by atoms with Crippen LogP contribution in [0.1, 0.15) is 39.0 Å². The first-order valence-electron chi connectivity index (χ1n) is 7.40. The number of nitrogens with zero attached hydrogens (tertiary/aromatic N) is 1. The maximum atomic E-state index is 12.5. The normalized spacial score (nSPS) is 17.6. The van der Waals surface area contributed by atoms with Crippen molar-refractivity contribution in [1.29, 1.82) is 0 Å². The molecule has 1 aromatic carbocycles. The van der Waals surface area contributed by atoms with E-state index in [1.807, 2.05) is 35.2 Å². The summed E-state index contributed by atoms with van der Waals surface area (Å²) >= 11 is 0. The lowest BCUT2D eigenvalue weighted by molar-refractivity contribution is -0.119. The summed E-state index contributed by atoms with van der Waals surface area (Å²) in [5, 5.41) is 3.40. The first-order chi connectivity index (χ1) is 9.31. The Balaban J connectivity index is 0.00000200. The summed E-state index contributed by atoms with van der Waals surface area (Å²) in [7, 11) is 0. The highest BCUT2D eigenvalue weighted by Crippen LogP contribution is 2.18. The molecule has 0 aromatic heterocycles. The Hall–Kier alpha value is -1.06. The molecule has 3 nitrogen and oxygen atoms in total. The molecule has 1 unspecified atom stereocenters. The van der Waals surface area contributed by atoms with E-state index in [4.69, 9.17) is 0 Å². The van der Waals surface area contributed by atoms with Gasteiger partial charge < -0.3 is 10.2 Å². The molecule has 1 N–H and O–H groups in total. The number of amides is 1. The van der Waals surface area contributed by atoms with Crippen LogP contribution in [0.3, 0.4) is 0 Å². The Labute approximate surface area is 128 Å². The minimum absolute atomic E-state index is 0. The number of nitrogens with one attached hydrogen (secondary N) is 1. The van der Waals surface area contributed by atoms with Crippen molar-refractivity contribution in [3.63, 3.8) is 0 Å². The fourth-order valence-corrected chi connectivity index (χ4v) is 2.57. The topological polar surface area (TPSA) is 32.3 Å². The second-order valence-electron chi connectivity index (χ2n) is 5.23. The zero-order valence-corrected chi connectivity index (χ0v) is 13.0. The van der Waals surface area contributed by atoms with Gasteiger partial charge in [-0.25, -0.2) is 0 Å². The van der Waals surface area contributed by atoms with Crippen LogP contribution in [0.4, 0.5) is 5.69 Å². The van der Waals surface area contributed by atoms with Crippen LogP contribution in [-0.2, 0) is 4.79 Å². The molecular formula is C16H25ClN2O. The molecule has 1 amide bonds. The summed E-state index contributed by atoms with van der Waals surface area (Å²) < 4.78 is 0. The standard InChI is InChI=1S/C16H24N2O.ClH/c1-2-3-12-18(15-9-5-4-6-10-15)16(19)13-14-8-7-11-17-14;/h4-6,9-10,14,17H,2-3,7-8,11-13H2,1H3;1H. The molecule has 1 saturated heterocycles. The average molecular weight is 297 g/mol. The lowest BCUT2D eigenvalue weighted by atomic mass is 10.1. The lowest BCUT2D eigenvalue weighted by Gasteiger charge is -2.24. The van der Waals surface area contributed by atoms with Crippen LogP contribution in [0.25, 0.3) is 0 Å². The smallest absolute Gasteiger partial charge is 0.228 e. The molecule has 1 aromatic rings. The van der Waals surface area contributed by atoms with E-state index in [1.54, 1.807) is 0 Å². The fourth-order valence-electron chi connectivity index (χ4n) is 2.57. The zero-order valence-electron chi connectivity index (χ0n) is 12.2. The summed E-state index contributed by atoms with van der Waals surface area (Å²) in [6, 6.07) is 10.4. The van der Waals surface area contributed by atoms with E-state index in [9.17, 15) is 4.79 Å². The van der Waals surface area contributed by atoms with Gasteiger partial charge in [0.2, 0.25) is 5.91 Å². The quantitative estimate of drug-likeness (QED) is 0.873. The molecule has 4 heteroatoms. The summed E-state index contributed by atoms with van der Waals surface area (Å²) in [5.41, 5.74) is 1.03. The van der Waals surface area contributed by atoms with Gasteiger partial charge in [0.25, 0.3) is 0 Å². The molecule has 1 atom stereocenters. The van der Waals surface area contributed by atoms with Crippen LogP contribution in [0, 0.1) is 0 Å². The van der Waals surface area contributed by atoms with Gasteiger partial charge in [-0.15, -0.1) is 12.4 Å². The Morgan fingerprint density at radius 2 is 2.10 bits per heavy atom. The van der Waals surface area contributed by atoms with Crippen molar-refractivity contribution in [1.82, 2.24) is 5.32 Å². The maximum Gasteiger partial charge on any atom is 0.228 e. The molecule has 0 aliphatic carbocycles. The Morgan fingerprint density at radius 1 is 1.35 bits per heavy atom. The predicted molar refractivity (Wildman–Crippen MR) is 86.6 cm³/mol. The minimum Gasteiger partial charge on any atom is -0.313 e. The van der Waals surface area contributed by atoms with E-state index in [2.05, 4.69) is 12.2 Å². The Bertz CT molecular complexity index is 391. The predicted octanol–water partition coefficient (Wildman–Crippen LogP) is 3.38. The van der Waals surface area contributed by atoms with Crippen LogP contribution in [0.2, 0.25) is 0 Å². The van der Waals surface area contributed by atoms with Gasteiger partial charge in [-0.3, -0.25) is 4.79 Å². The molecule has 0 spiro atoms. The van der Waals surface area contributed by atoms with Crippen LogP contribution in [-0.4, -0.2) is 25.0 Å². The second kappa shape index (κ2) is 8.98. The third kappa shape index (κ3) is 4.80. The molecule has 2 rings (SSSR count). The van der Waals surface area contributed by atoms with Gasteiger partial charge in [-0.2, -0.15) is 0 Å². The van der Waals surface area contributed by atoms with Crippen molar-refractivity contribution >= 4 is 24.0 Å². The van der Waals surface area contributed by atoms with Crippen LogP contribution in [0.15, 0.2) is 30.3 Å². The number of rotatable bonds is 6. The summed E-state index contributed by atoms with van der Waals surface area (Å²) in [6.45, 7) is 4.04. The minimum atomic E-state index is 0. The van der Waals surface area contributed by atoms with E-state index < -0.39 is 0 Å². The van der Waals surface area contributed by atoms with Crippen molar-refractivity contribution in [2.75, 3.05) is 18.0 Å². The van der Waals surface area contributed by atoms with Gasteiger partial charge in [-0.1, -0.05) is 31.5 Å². The van der Waals surface area contributed by atoms with Gasteiger partial charge in [0, 0.05) is 24.7 Å². The van der Waals surface area contributed by atoms with Crippen LogP contribution >= 0.6 is 12.4 Å². The molecule has 0 saturated carbocycles. The van der Waals surface area contributed by atoms with E-state index in [1.165, 1.54) is 6.42 Å². The van der Waals surface area contributed by atoms with Crippen molar-refractivity contribution in [3.8, 4) is 0 Å². The first-order valence-corrected chi connectivity index (χ1v) is 7.40. The van der Waals surface area contributed by atoms with Crippen molar-refractivity contribution < 1.29 is 4.79 Å². The summed E-state index contributed by atoms with van der Waals surface area (Å²) in [4.78, 5) is 14.4. The highest BCUT2D eigenvalue weighted by Gasteiger charge is 2.22. The Kier molecular flexibility index (Phi) is 7.63. The van der Waals surface area contributed by atoms with Crippen LogP contribution in [0.5, 0.6) is 0 Å². The van der Waals surface area contributed by atoms with Gasteiger partial charge in [0.15, 0.2) is 0 Å². The molecule has 112 valence electrons. The molecule has 1 aliphatic rings. The third-order valence-electron chi connectivity index (χ3n) is 3.69. The first kappa shape index (κ1) is 17.0. The number of anilines is 1. The monoisotopic (exact) mass is 296 g/mol. The number of hydrogen-bond acceptors (Lipinski definition) is 2. The molecule has 0 radical (unpaired) electrons. The average Bonchev–Trinajstić information content (AvgIpc) is 2.93. The molecule has 1 fully saturated rings. The van der Waals surface area contributed by atoms with Crippen molar-refractivity contribution in [2.24, 2.45) is 0 Å². The lowest BCUT2D eigenvalue weighted by Crippen LogP contribution is -2.36. The molecular weight excluding hydrogens is 272 g/mol. The number of para-hydroxylation sites is 1. The summed E-state index contributed by atoms with van der Waals surface area (Å²) in [6.07, 6.45) is 5.11. The van der Waals surface area contributed by atoms with E-state index in [0.717, 1.165) is 38.0 Å². The van der Waals surface area contributed by atoms with Gasteiger partial charge in [-0.05, 0) is 37.9 Å². The van der Waals surface area contributed by atoms with E-state index in [0.29, 0.717) is 12.5 Å². The summed E-state index contributed by atoms with van der Waals surface area (Å²) in [5.74, 6) is 0.249. The number of carbonyl (C=O) groups is 1. The zero-order chi connectivity index (χ0) is 13.5.